The summed E-state index contributed by atoms with van der Waals surface area (Å²) < 4.78 is 10.9. The summed E-state index contributed by atoms with van der Waals surface area (Å²) in [7, 11) is 1.67. The van der Waals surface area contributed by atoms with Crippen molar-refractivity contribution >= 4 is 11.3 Å². The van der Waals surface area contributed by atoms with Crippen LogP contribution in [0, 0.1) is 0 Å². The van der Waals surface area contributed by atoms with Gasteiger partial charge in [-0.05, 0) is 0 Å². The summed E-state index contributed by atoms with van der Waals surface area (Å²) in [5.74, 6) is 0. The smallest absolute Gasteiger partial charge is 0.0983 e. The fraction of sp³-hybridized carbons (Fsp3) is 0.727. The van der Waals surface area contributed by atoms with Crippen LogP contribution < -0.4 is 0 Å². The maximum Gasteiger partial charge on any atom is 0.0983 e. The lowest BCUT2D eigenvalue weighted by Crippen LogP contribution is -2.49. The zero-order valence-corrected chi connectivity index (χ0v) is 10.2. The van der Waals surface area contributed by atoms with E-state index in [2.05, 4.69) is 4.98 Å². The van der Waals surface area contributed by atoms with E-state index >= 15 is 0 Å². The van der Waals surface area contributed by atoms with Crippen LogP contribution in [0.4, 0.5) is 0 Å². The van der Waals surface area contributed by atoms with E-state index in [0.717, 1.165) is 17.7 Å². The number of aromatic nitrogens is 1. The van der Waals surface area contributed by atoms with E-state index in [9.17, 15) is 5.11 Å². The highest BCUT2D eigenvalue weighted by Gasteiger charge is 2.39. The first kappa shape index (κ1) is 12.0. The molecule has 2 heterocycles. The molecule has 1 aromatic rings. The standard InChI is InChI=1S/C11H17NO3S/c1-14-11(2-4-15-5-3-11)10(13)6-9-7-12-8-16-9/h7-8,10,13H,2-6H2,1H3. The number of aliphatic hydroxyl groups excluding tert-OH is 1. The molecule has 1 fully saturated rings. The van der Waals surface area contributed by atoms with Crippen LogP contribution in [0.15, 0.2) is 11.7 Å². The Morgan fingerprint density at radius 1 is 1.62 bits per heavy atom. The van der Waals surface area contributed by atoms with Crippen molar-refractivity contribution in [1.82, 2.24) is 4.98 Å². The quantitative estimate of drug-likeness (QED) is 0.864. The molecule has 0 bridgehead atoms. The normalized spacial score (nSPS) is 21.9. The number of hydrogen-bond donors (Lipinski definition) is 1. The van der Waals surface area contributed by atoms with Crippen LogP contribution in [-0.4, -0.2) is 42.1 Å². The van der Waals surface area contributed by atoms with Crippen molar-refractivity contribution in [2.45, 2.75) is 31.0 Å². The van der Waals surface area contributed by atoms with Gasteiger partial charge in [0.1, 0.15) is 0 Å². The van der Waals surface area contributed by atoms with Crippen LogP contribution in [0.25, 0.3) is 0 Å². The average molecular weight is 243 g/mol. The number of hydrogen-bond acceptors (Lipinski definition) is 5. The molecule has 1 N–H and O–H groups in total. The molecule has 1 saturated heterocycles. The van der Waals surface area contributed by atoms with Crippen molar-refractivity contribution < 1.29 is 14.6 Å². The van der Waals surface area contributed by atoms with Crippen LogP contribution in [0.2, 0.25) is 0 Å². The van der Waals surface area contributed by atoms with E-state index in [-0.39, 0.29) is 0 Å². The largest absolute Gasteiger partial charge is 0.390 e. The third-order valence-electron chi connectivity index (χ3n) is 3.23. The van der Waals surface area contributed by atoms with Gasteiger partial charge < -0.3 is 14.6 Å². The maximum atomic E-state index is 10.3. The molecule has 1 aliphatic heterocycles. The number of ether oxygens (including phenoxy) is 2. The summed E-state index contributed by atoms with van der Waals surface area (Å²) in [6.07, 6.45) is 3.43. The Balaban J connectivity index is 2.02. The van der Waals surface area contributed by atoms with E-state index in [1.165, 1.54) is 0 Å². The molecule has 1 unspecified atom stereocenters. The van der Waals surface area contributed by atoms with Crippen molar-refractivity contribution in [2.75, 3.05) is 20.3 Å². The summed E-state index contributed by atoms with van der Waals surface area (Å²) in [5, 5.41) is 10.3. The first-order valence-electron chi connectivity index (χ1n) is 5.45. The number of rotatable bonds is 4. The van der Waals surface area contributed by atoms with Gasteiger partial charge in [0.2, 0.25) is 0 Å². The van der Waals surface area contributed by atoms with Gasteiger partial charge in [-0.1, -0.05) is 0 Å². The van der Waals surface area contributed by atoms with E-state index in [0.29, 0.717) is 19.6 Å². The predicted molar refractivity (Wildman–Crippen MR) is 61.6 cm³/mol. The highest BCUT2D eigenvalue weighted by Crippen LogP contribution is 2.30. The lowest BCUT2D eigenvalue weighted by atomic mass is 9.86. The fourth-order valence-corrected chi connectivity index (χ4v) is 2.74. The molecule has 16 heavy (non-hydrogen) atoms. The van der Waals surface area contributed by atoms with E-state index in [1.807, 2.05) is 0 Å². The molecule has 0 saturated carbocycles. The molecule has 0 spiro atoms. The van der Waals surface area contributed by atoms with Crippen molar-refractivity contribution in [3.63, 3.8) is 0 Å². The van der Waals surface area contributed by atoms with Crippen LogP contribution in [-0.2, 0) is 15.9 Å². The van der Waals surface area contributed by atoms with Gasteiger partial charge in [-0.3, -0.25) is 4.98 Å². The number of nitrogens with zero attached hydrogens (tertiary/aromatic N) is 1. The monoisotopic (exact) mass is 243 g/mol. The molecule has 0 aromatic carbocycles. The van der Waals surface area contributed by atoms with E-state index in [4.69, 9.17) is 9.47 Å². The minimum Gasteiger partial charge on any atom is -0.390 e. The van der Waals surface area contributed by atoms with E-state index < -0.39 is 11.7 Å². The lowest BCUT2D eigenvalue weighted by molar-refractivity contribution is -0.151. The zero-order valence-electron chi connectivity index (χ0n) is 9.39. The second-order valence-corrected chi connectivity index (χ2v) is 5.04. The third kappa shape index (κ3) is 2.43. The van der Waals surface area contributed by atoms with Gasteiger partial charge >= 0.3 is 0 Å². The Morgan fingerprint density at radius 2 is 2.38 bits per heavy atom. The van der Waals surface area contributed by atoms with Gasteiger partial charge in [-0.15, -0.1) is 11.3 Å². The molecule has 0 amide bonds. The topological polar surface area (TPSA) is 51.6 Å². The Morgan fingerprint density at radius 3 is 2.94 bits per heavy atom. The molecule has 1 aromatic heterocycles. The Hall–Kier alpha value is -0.490. The molecule has 1 atom stereocenters. The maximum absolute atomic E-state index is 10.3. The number of methoxy groups -OCH3 is 1. The van der Waals surface area contributed by atoms with Gasteiger partial charge in [0.05, 0.1) is 17.2 Å². The minimum absolute atomic E-state index is 0.442. The Kier molecular flexibility index (Phi) is 3.91. The molecule has 0 radical (unpaired) electrons. The van der Waals surface area contributed by atoms with Crippen molar-refractivity contribution in [1.29, 1.82) is 0 Å². The molecule has 2 rings (SSSR count). The third-order valence-corrected chi connectivity index (χ3v) is 4.03. The van der Waals surface area contributed by atoms with Gasteiger partial charge in [0, 0.05) is 50.7 Å². The van der Waals surface area contributed by atoms with Crippen molar-refractivity contribution in [2.24, 2.45) is 0 Å². The first-order valence-corrected chi connectivity index (χ1v) is 6.33. The predicted octanol–water partition coefficient (Wildman–Crippen LogP) is 1.24. The molecule has 0 aliphatic carbocycles. The van der Waals surface area contributed by atoms with Crippen molar-refractivity contribution in [3.8, 4) is 0 Å². The highest BCUT2D eigenvalue weighted by atomic mass is 32.1. The van der Waals surface area contributed by atoms with Crippen LogP contribution in [0.5, 0.6) is 0 Å². The summed E-state index contributed by atoms with van der Waals surface area (Å²) in [6, 6.07) is 0. The first-order chi connectivity index (χ1) is 7.77. The van der Waals surface area contributed by atoms with Crippen LogP contribution >= 0.6 is 11.3 Å². The second-order valence-electron chi connectivity index (χ2n) is 4.07. The zero-order chi connectivity index (χ0) is 11.4. The fourth-order valence-electron chi connectivity index (χ4n) is 2.11. The molecular formula is C11H17NO3S. The number of aliphatic hydroxyl groups is 1. The van der Waals surface area contributed by atoms with Crippen LogP contribution in [0.3, 0.4) is 0 Å². The van der Waals surface area contributed by atoms with Gasteiger partial charge in [0.15, 0.2) is 0 Å². The second kappa shape index (κ2) is 5.23. The summed E-state index contributed by atoms with van der Waals surface area (Å²) in [4.78, 5) is 5.10. The lowest BCUT2D eigenvalue weighted by Gasteiger charge is -2.39. The van der Waals surface area contributed by atoms with Crippen LogP contribution in [0.1, 0.15) is 17.7 Å². The summed E-state index contributed by atoms with van der Waals surface area (Å²) >= 11 is 1.57. The average Bonchev–Trinajstić information content (AvgIpc) is 2.82. The number of thiazole rings is 1. The molecule has 1 aliphatic rings. The van der Waals surface area contributed by atoms with Gasteiger partial charge in [-0.2, -0.15) is 0 Å². The van der Waals surface area contributed by atoms with Gasteiger partial charge in [-0.25, -0.2) is 0 Å². The Bertz CT molecular complexity index is 309. The van der Waals surface area contributed by atoms with Crippen molar-refractivity contribution in [3.05, 3.63) is 16.6 Å². The summed E-state index contributed by atoms with van der Waals surface area (Å²) in [6.45, 7) is 1.32. The van der Waals surface area contributed by atoms with Gasteiger partial charge in [0.25, 0.3) is 0 Å². The SMILES string of the molecule is COC1(C(O)Cc2cncs2)CCOCC1. The Labute approximate surface area is 99.2 Å². The molecule has 90 valence electrons. The van der Waals surface area contributed by atoms with E-state index in [1.54, 1.807) is 30.2 Å². The molecule has 4 nitrogen and oxygen atoms in total. The minimum atomic E-state index is -0.484. The highest BCUT2D eigenvalue weighted by molar-refractivity contribution is 7.09. The molecular weight excluding hydrogens is 226 g/mol. The summed E-state index contributed by atoms with van der Waals surface area (Å²) in [5.41, 5.74) is 1.34. The molecule has 5 heteroatoms.